The Balaban J connectivity index is 2.07. The molecular formula is C26H24F5N4O2P. The number of hydrogen-bond acceptors (Lipinski definition) is 4. The van der Waals surface area contributed by atoms with Crippen LogP contribution >= 0.6 is 9.24 Å². The number of nitrogens with one attached hydrogen (secondary N) is 1. The maximum absolute atomic E-state index is 13.8. The molecule has 0 saturated carbocycles. The number of alkyl halides is 5. The second-order valence-corrected chi connectivity index (χ2v) is 8.92. The number of halogens is 5. The maximum Gasteiger partial charge on any atom is 0.416 e. The fourth-order valence-electron chi connectivity index (χ4n) is 3.52. The van der Waals surface area contributed by atoms with Crippen molar-refractivity contribution in [3.05, 3.63) is 123 Å². The lowest BCUT2D eigenvalue weighted by molar-refractivity contribution is -0.137. The second kappa shape index (κ2) is 11.7. The normalized spacial score (nSPS) is 12.3. The molecular weight excluding hydrogens is 526 g/mol. The number of rotatable bonds is 10. The fraction of sp³-hybridized carbons (Fsp3) is 0.192. The van der Waals surface area contributed by atoms with Gasteiger partial charge in [-0.25, -0.2) is 14.2 Å². The van der Waals surface area contributed by atoms with E-state index in [2.05, 4.69) is 23.5 Å². The number of benzene rings is 2. The predicted molar refractivity (Wildman–Crippen MR) is 140 cm³/mol. The first-order valence-corrected chi connectivity index (χ1v) is 11.8. The SMILES string of the molecule is C=C/C=C(\C=C)CCn1c(=O)nc(Nc2cccc(C(F)(F)P)c2)n(Cc2ccc(C(F)(F)F)cc2)c1=O. The molecule has 0 spiro atoms. The summed E-state index contributed by atoms with van der Waals surface area (Å²) in [6.45, 7) is 6.96. The van der Waals surface area contributed by atoms with Crippen LogP contribution in [0.5, 0.6) is 0 Å². The van der Waals surface area contributed by atoms with Crippen molar-refractivity contribution in [1.82, 2.24) is 14.1 Å². The lowest BCUT2D eigenvalue weighted by atomic mass is 10.1. The van der Waals surface area contributed by atoms with Gasteiger partial charge in [-0.3, -0.25) is 4.57 Å². The van der Waals surface area contributed by atoms with E-state index >= 15 is 0 Å². The first-order chi connectivity index (χ1) is 17.8. The van der Waals surface area contributed by atoms with Gasteiger partial charge >= 0.3 is 17.6 Å². The summed E-state index contributed by atoms with van der Waals surface area (Å²) in [6, 6.07) is 9.28. The Morgan fingerprint density at radius 2 is 1.68 bits per heavy atom. The summed E-state index contributed by atoms with van der Waals surface area (Å²) in [5.41, 5.74) is -4.97. The molecule has 0 aliphatic heterocycles. The molecule has 1 unspecified atom stereocenters. The van der Waals surface area contributed by atoms with Gasteiger partial charge in [0.1, 0.15) is 0 Å². The Hall–Kier alpha value is -3.85. The molecule has 1 N–H and O–H groups in total. The molecule has 0 radical (unpaired) electrons. The molecule has 200 valence electrons. The molecule has 2 aromatic carbocycles. The largest absolute Gasteiger partial charge is 0.416 e. The summed E-state index contributed by atoms with van der Waals surface area (Å²) in [4.78, 5) is 30.1. The van der Waals surface area contributed by atoms with Gasteiger partial charge < -0.3 is 5.32 Å². The van der Waals surface area contributed by atoms with Crippen LogP contribution in [-0.2, 0) is 24.9 Å². The van der Waals surface area contributed by atoms with E-state index in [1.165, 1.54) is 45.6 Å². The van der Waals surface area contributed by atoms with Crippen molar-refractivity contribution in [2.75, 3.05) is 5.32 Å². The summed E-state index contributed by atoms with van der Waals surface area (Å²) < 4.78 is 68.4. The standard InChI is InChI=1S/C26H24F5N4O2P/c1-3-6-17(4-2)13-14-34-23(36)33-22(32-21-8-5-7-20(15-21)26(30,31)38)35(24(34)37)16-18-9-11-19(12-10-18)25(27,28)29/h3-12,15H,1-2,13-14,16,38H2,(H,32,33,36)/b17-6+. The molecule has 0 aliphatic rings. The van der Waals surface area contributed by atoms with Gasteiger partial charge in [-0.15, -0.1) is 0 Å². The smallest absolute Gasteiger partial charge is 0.325 e. The molecule has 0 bridgehead atoms. The van der Waals surface area contributed by atoms with E-state index in [0.29, 0.717) is 11.1 Å². The van der Waals surface area contributed by atoms with Gasteiger partial charge in [0.25, 0.3) is 5.66 Å². The highest BCUT2D eigenvalue weighted by molar-refractivity contribution is 7.17. The van der Waals surface area contributed by atoms with Crippen LogP contribution in [0.1, 0.15) is 23.1 Å². The van der Waals surface area contributed by atoms with E-state index in [1.54, 1.807) is 12.2 Å². The van der Waals surface area contributed by atoms with Gasteiger partial charge in [-0.2, -0.15) is 26.9 Å². The molecule has 0 amide bonds. The van der Waals surface area contributed by atoms with Gasteiger partial charge in [0.15, 0.2) is 0 Å². The minimum atomic E-state index is -4.54. The van der Waals surface area contributed by atoms with Crippen LogP contribution < -0.4 is 16.7 Å². The van der Waals surface area contributed by atoms with E-state index in [0.717, 1.165) is 27.3 Å². The van der Waals surface area contributed by atoms with E-state index in [-0.39, 0.29) is 36.7 Å². The molecule has 0 aliphatic carbocycles. The molecule has 3 aromatic rings. The highest BCUT2D eigenvalue weighted by Crippen LogP contribution is 2.36. The highest BCUT2D eigenvalue weighted by Gasteiger charge is 2.30. The van der Waals surface area contributed by atoms with E-state index < -0.39 is 28.8 Å². The molecule has 3 rings (SSSR count). The van der Waals surface area contributed by atoms with E-state index in [4.69, 9.17) is 0 Å². The van der Waals surface area contributed by atoms with Crippen LogP contribution in [0.15, 0.2) is 95.1 Å². The zero-order valence-electron chi connectivity index (χ0n) is 20.0. The quantitative estimate of drug-likeness (QED) is 0.196. The van der Waals surface area contributed by atoms with Crippen molar-refractivity contribution in [1.29, 1.82) is 0 Å². The van der Waals surface area contributed by atoms with Gasteiger partial charge in [-0.05, 0) is 41.8 Å². The van der Waals surface area contributed by atoms with E-state index in [9.17, 15) is 31.5 Å². The van der Waals surface area contributed by atoms with Gasteiger partial charge in [0.2, 0.25) is 5.95 Å². The molecule has 1 aromatic heterocycles. The molecule has 38 heavy (non-hydrogen) atoms. The summed E-state index contributed by atoms with van der Waals surface area (Å²) in [5, 5.41) is 2.72. The average molecular weight is 550 g/mol. The van der Waals surface area contributed by atoms with Crippen molar-refractivity contribution in [3.8, 4) is 0 Å². The van der Waals surface area contributed by atoms with Crippen LogP contribution in [0.2, 0.25) is 0 Å². The average Bonchev–Trinajstić information content (AvgIpc) is 2.85. The Bertz CT molecular complexity index is 1470. The zero-order chi connectivity index (χ0) is 28.1. The lowest BCUT2D eigenvalue weighted by Gasteiger charge is -2.17. The minimum absolute atomic E-state index is 0.0571. The fourth-order valence-corrected chi connectivity index (χ4v) is 3.70. The second-order valence-electron chi connectivity index (χ2n) is 8.19. The first kappa shape index (κ1) is 28.7. The van der Waals surface area contributed by atoms with Gasteiger partial charge in [0, 0.05) is 17.8 Å². The van der Waals surface area contributed by atoms with Crippen molar-refractivity contribution in [2.45, 2.75) is 31.4 Å². The van der Waals surface area contributed by atoms with Crippen LogP contribution in [0.4, 0.5) is 33.6 Å². The third-order valence-corrected chi connectivity index (χ3v) is 5.83. The van der Waals surface area contributed by atoms with Gasteiger partial charge in [0.05, 0.1) is 12.1 Å². The Morgan fingerprint density at radius 3 is 2.26 bits per heavy atom. The lowest BCUT2D eigenvalue weighted by Crippen LogP contribution is -2.42. The monoisotopic (exact) mass is 550 g/mol. The Labute approximate surface area is 217 Å². The molecule has 6 nitrogen and oxygen atoms in total. The van der Waals surface area contributed by atoms with Crippen LogP contribution in [0.3, 0.4) is 0 Å². The topological polar surface area (TPSA) is 68.9 Å². The van der Waals surface area contributed by atoms with Crippen molar-refractivity contribution < 1.29 is 22.0 Å². The van der Waals surface area contributed by atoms with Crippen molar-refractivity contribution in [2.24, 2.45) is 0 Å². The first-order valence-electron chi connectivity index (χ1n) is 11.2. The molecule has 0 fully saturated rings. The van der Waals surface area contributed by atoms with Crippen LogP contribution in [0.25, 0.3) is 0 Å². The van der Waals surface area contributed by atoms with Crippen LogP contribution in [-0.4, -0.2) is 14.1 Å². The van der Waals surface area contributed by atoms with Crippen LogP contribution in [0, 0.1) is 0 Å². The van der Waals surface area contributed by atoms with Crippen molar-refractivity contribution in [3.63, 3.8) is 0 Å². The van der Waals surface area contributed by atoms with E-state index in [1.807, 2.05) is 0 Å². The molecule has 1 heterocycles. The maximum atomic E-state index is 13.8. The number of anilines is 2. The van der Waals surface area contributed by atoms with Gasteiger partial charge in [-0.1, -0.05) is 64.9 Å². The summed E-state index contributed by atoms with van der Waals surface area (Å²) in [5.74, 6) is -0.258. The summed E-state index contributed by atoms with van der Waals surface area (Å²) in [6.07, 6.45) is 0.455. The third kappa shape index (κ3) is 7.13. The number of allylic oxidation sites excluding steroid dienone is 4. The van der Waals surface area contributed by atoms with Crippen molar-refractivity contribution >= 4 is 20.9 Å². The zero-order valence-corrected chi connectivity index (χ0v) is 21.2. The molecule has 1 atom stereocenters. The molecule has 0 saturated heterocycles. The molecule has 12 heteroatoms. The highest BCUT2D eigenvalue weighted by atomic mass is 31.0. The number of aromatic nitrogens is 3. The number of hydrogen-bond donors (Lipinski definition) is 1. The Kier molecular flexibility index (Phi) is 8.83. The third-order valence-electron chi connectivity index (χ3n) is 5.49. The predicted octanol–water partition coefficient (Wildman–Crippen LogP) is 5.83. The number of nitrogens with zero attached hydrogens (tertiary/aromatic N) is 3. The minimum Gasteiger partial charge on any atom is -0.325 e. The summed E-state index contributed by atoms with van der Waals surface area (Å²) in [7, 11) is 1.42. The summed E-state index contributed by atoms with van der Waals surface area (Å²) >= 11 is 0. The Morgan fingerprint density at radius 1 is 1.00 bits per heavy atom.